The van der Waals surface area contributed by atoms with Crippen LogP contribution in [0.25, 0.3) is 0 Å². The van der Waals surface area contributed by atoms with Crippen molar-refractivity contribution in [2.45, 2.75) is 76.9 Å². The third kappa shape index (κ3) is 8.29. The highest BCUT2D eigenvalue weighted by Crippen LogP contribution is 2.35. The monoisotopic (exact) mass is 605 g/mol. The summed E-state index contributed by atoms with van der Waals surface area (Å²) >= 11 is 6.44. The van der Waals surface area contributed by atoms with Crippen LogP contribution in [0.15, 0.2) is 42.5 Å². The van der Waals surface area contributed by atoms with Crippen LogP contribution in [0.2, 0.25) is 5.02 Å². The van der Waals surface area contributed by atoms with Gasteiger partial charge in [-0.05, 0) is 49.4 Å². The van der Waals surface area contributed by atoms with Gasteiger partial charge in [-0.2, -0.15) is 0 Å². The van der Waals surface area contributed by atoms with Gasteiger partial charge in [0.2, 0.25) is 21.8 Å². The first kappa shape index (κ1) is 31.0. The Morgan fingerprint density at radius 2 is 1.76 bits per heavy atom. The molecule has 4 rings (SSSR count). The fourth-order valence-electron chi connectivity index (χ4n) is 5.47. The van der Waals surface area contributed by atoms with Crippen LogP contribution in [0, 0.1) is 0 Å². The molecule has 1 saturated carbocycles. The van der Waals surface area contributed by atoms with Gasteiger partial charge in [0, 0.05) is 36.6 Å². The lowest BCUT2D eigenvalue weighted by Gasteiger charge is -2.33. The van der Waals surface area contributed by atoms with Crippen molar-refractivity contribution in [3.05, 3.63) is 53.1 Å². The first-order valence-corrected chi connectivity index (χ1v) is 16.6. The number of halogens is 1. The minimum Gasteiger partial charge on any atom is -0.486 e. The fourth-order valence-corrected chi connectivity index (χ4v) is 6.62. The summed E-state index contributed by atoms with van der Waals surface area (Å²) in [7, 11) is -3.64. The lowest BCUT2D eigenvalue weighted by Crippen LogP contribution is -2.51. The maximum atomic E-state index is 13.7. The number of anilines is 1. The Labute approximate surface area is 248 Å². The molecule has 1 atom stereocenters. The molecular weight excluding hydrogens is 566 g/mol. The Kier molecular flexibility index (Phi) is 10.8. The third-order valence-electron chi connectivity index (χ3n) is 7.60. The number of rotatable bonds is 12. The molecule has 11 heteroatoms. The molecular formula is C30H40ClN3O6S. The van der Waals surface area contributed by atoms with Gasteiger partial charge in [-0.15, -0.1) is 0 Å². The van der Waals surface area contributed by atoms with Gasteiger partial charge in [0.05, 0.1) is 11.9 Å². The highest BCUT2D eigenvalue weighted by atomic mass is 35.5. The zero-order chi connectivity index (χ0) is 29.4. The van der Waals surface area contributed by atoms with Crippen LogP contribution in [0.1, 0.15) is 63.9 Å². The SMILES string of the molecule is CC[C@@H](C(=O)NC1CCCCC1)N(Cc1ccccc1Cl)C(=O)CCCN(c1ccc2c(c1)OCCO2)S(C)(=O)=O. The van der Waals surface area contributed by atoms with Crippen molar-refractivity contribution in [2.24, 2.45) is 0 Å². The van der Waals surface area contributed by atoms with E-state index in [-0.39, 0.29) is 43.8 Å². The van der Waals surface area contributed by atoms with E-state index in [0.717, 1.165) is 37.5 Å². The Morgan fingerprint density at radius 3 is 2.44 bits per heavy atom. The Hall–Kier alpha value is -2.98. The minimum absolute atomic E-state index is 0.0637. The number of carbonyl (C=O) groups is 2. The molecule has 1 aliphatic heterocycles. The summed E-state index contributed by atoms with van der Waals surface area (Å²) in [5.41, 5.74) is 1.19. The van der Waals surface area contributed by atoms with Gasteiger partial charge < -0.3 is 19.7 Å². The second-order valence-corrected chi connectivity index (χ2v) is 13.0. The molecule has 1 aliphatic carbocycles. The van der Waals surface area contributed by atoms with E-state index >= 15 is 0 Å². The lowest BCUT2D eigenvalue weighted by atomic mass is 9.95. The van der Waals surface area contributed by atoms with Gasteiger partial charge in [-0.3, -0.25) is 13.9 Å². The summed E-state index contributed by atoms with van der Waals surface area (Å²) in [5.74, 6) is 0.662. The van der Waals surface area contributed by atoms with Crippen LogP contribution in [-0.2, 0) is 26.2 Å². The Balaban J connectivity index is 1.49. The number of sulfonamides is 1. The predicted molar refractivity (Wildman–Crippen MR) is 160 cm³/mol. The highest BCUT2D eigenvalue weighted by molar-refractivity contribution is 7.92. The van der Waals surface area contributed by atoms with E-state index in [1.807, 2.05) is 25.1 Å². The number of nitrogens with one attached hydrogen (secondary N) is 1. The smallest absolute Gasteiger partial charge is 0.243 e. The average Bonchev–Trinajstić information content (AvgIpc) is 2.95. The summed E-state index contributed by atoms with van der Waals surface area (Å²) in [4.78, 5) is 28.7. The number of fused-ring (bicyclic) bond motifs is 1. The molecule has 2 aromatic carbocycles. The molecule has 0 aromatic heterocycles. The molecule has 2 aromatic rings. The van der Waals surface area contributed by atoms with E-state index in [2.05, 4.69) is 5.32 Å². The Bertz CT molecular complexity index is 1320. The molecule has 2 amide bonds. The normalized spacial score (nSPS) is 16.1. The molecule has 0 radical (unpaired) electrons. The number of hydrogen-bond acceptors (Lipinski definition) is 6. The molecule has 0 spiro atoms. The van der Waals surface area contributed by atoms with Crippen LogP contribution >= 0.6 is 11.6 Å². The van der Waals surface area contributed by atoms with Crippen molar-refractivity contribution in [2.75, 3.05) is 30.3 Å². The molecule has 1 heterocycles. The van der Waals surface area contributed by atoms with Gasteiger partial charge >= 0.3 is 0 Å². The zero-order valence-electron chi connectivity index (χ0n) is 23.8. The molecule has 2 aliphatic rings. The molecule has 9 nitrogen and oxygen atoms in total. The summed E-state index contributed by atoms with van der Waals surface area (Å²) in [6.45, 7) is 3.00. The molecule has 0 unspecified atom stereocenters. The standard InChI is InChI=1S/C30H40ClN3O6S/c1-3-26(30(36)32-23-11-5-4-6-12-23)33(21-22-10-7-8-13-25(22)31)29(35)14-9-17-34(41(2,37)38)24-15-16-27-28(20-24)40-19-18-39-27/h7-8,10,13,15-16,20,23,26H,3-6,9,11-12,14,17-19,21H2,1-2H3,(H,32,36)/t26-/m0/s1. The van der Waals surface area contributed by atoms with Crippen LogP contribution in [0.5, 0.6) is 11.5 Å². The van der Waals surface area contributed by atoms with Gasteiger partial charge in [-0.25, -0.2) is 8.42 Å². The second-order valence-electron chi connectivity index (χ2n) is 10.6. The van der Waals surface area contributed by atoms with E-state index in [0.29, 0.717) is 41.8 Å². The lowest BCUT2D eigenvalue weighted by molar-refractivity contribution is -0.141. The molecule has 41 heavy (non-hydrogen) atoms. The molecule has 1 N–H and O–H groups in total. The largest absolute Gasteiger partial charge is 0.486 e. The van der Waals surface area contributed by atoms with Crippen molar-refractivity contribution >= 4 is 39.1 Å². The molecule has 224 valence electrons. The van der Waals surface area contributed by atoms with Crippen LogP contribution < -0.4 is 19.1 Å². The van der Waals surface area contributed by atoms with Crippen molar-refractivity contribution in [1.82, 2.24) is 10.2 Å². The minimum atomic E-state index is -3.64. The predicted octanol–water partition coefficient (Wildman–Crippen LogP) is 4.91. The molecule has 0 saturated heterocycles. The van der Waals surface area contributed by atoms with Crippen molar-refractivity contribution in [3.63, 3.8) is 0 Å². The second kappa shape index (κ2) is 14.3. The summed E-state index contributed by atoms with van der Waals surface area (Å²) < 4.78 is 37.9. The van der Waals surface area contributed by atoms with Gasteiger partial charge in [-0.1, -0.05) is 56.0 Å². The van der Waals surface area contributed by atoms with Gasteiger partial charge in [0.1, 0.15) is 19.3 Å². The number of benzene rings is 2. The number of hydrogen-bond donors (Lipinski definition) is 1. The van der Waals surface area contributed by atoms with E-state index in [1.165, 1.54) is 10.7 Å². The molecule has 1 fully saturated rings. The maximum Gasteiger partial charge on any atom is 0.243 e. The summed E-state index contributed by atoms with van der Waals surface area (Å²) in [6.07, 6.45) is 7.16. The quantitative estimate of drug-likeness (QED) is 0.368. The topological polar surface area (TPSA) is 105 Å². The first-order chi connectivity index (χ1) is 19.7. The third-order valence-corrected chi connectivity index (χ3v) is 9.16. The van der Waals surface area contributed by atoms with Crippen molar-refractivity contribution in [3.8, 4) is 11.5 Å². The molecule has 0 bridgehead atoms. The maximum absolute atomic E-state index is 13.7. The van der Waals surface area contributed by atoms with Gasteiger partial charge in [0.15, 0.2) is 11.5 Å². The van der Waals surface area contributed by atoms with E-state index in [4.69, 9.17) is 21.1 Å². The average molecular weight is 606 g/mol. The highest BCUT2D eigenvalue weighted by Gasteiger charge is 2.31. The van der Waals surface area contributed by atoms with E-state index < -0.39 is 16.1 Å². The van der Waals surface area contributed by atoms with E-state index in [1.54, 1.807) is 29.2 Å². The van der Waals surface area contributed by atoms with Crippen molar-refractivity contribution < 1.29 is 27.5 Å². The summed E-state index contributed by atoms with van der Waals surface area (Å²) in [5, 5.41) is 3.69. The number of nitrogens with zero attached hydrogens (tertiary/aromatic N) is 2. The zero-order valence-corrected chi connectivity index (χ0v) is 25.4. The van der Waals surface area contributed by atoms with Crippen molar-refractivity contribution in [1.29, 1.82) is 0 Å². The summed E-state index contributed by atoms with van der Waals surface area (Å²) in [6, 6.07) is 11.7. The fraction of sp³-hybridized carbons (Fsp3) is 0.533. The van der Waals surface area contributed by atoms with Crippen LogP contribution in [-0.4, -0.2) is 63.2 Å². The number of carbonyl (C=O) groups excluding carboxylic acids is 2. The number of ether oxygens (including phenoxy) is 2. The Morgan fingerprint density at radius 1 is 1.05 bits per heavy atom. The van der Waals surface area contributed by atoms with Crippen LogP contribution in [0.3, 0.4) is 0 Å². The van der Waals surface area contributed by atoms with E-state index in [9.17, 15) is 18.0 Å². The first-order valence-electron chi connectivity index (χ1n) is 14.4. The van der Waals surface area contributed by atoms with Crippen LogP contribution in [0.4, 0.5) is 5.69 Å². The van der Waals surface area contributed by atoms with Gasteiger partial charge in [0.25, 0.3) is 0 Å². The number of amides is 2.